The third-order valence-electron chi connectivity index (χ3n) is 0.969. The smallest absolute Gasteiger partial charge is 0.304 e. The number of halogens is 2. The minimum absolute atomic E-state index is 0.00736. The lowest BCUT2D eigenvalue weighted by Crippen LogP contribution is -2.11. The summed E-state index contributed by atoms with van der Waals surface area (Å²) in [5.74, 6) is 0. The van der Waals surface area contributed by atoms with Gasteiger partial charge < -0.3 is 9.47 Å². The molecule has 0 heterocycles. The van der Waals surface area contributed by atoms with E-state index in [1.165, 1.54) is 0 Å². The Balaban J connectivity index is 3.11. The summed E-state index contributed by atoms with van der Waals surface area (Å²) in [6.45, 7) is -1.93. The van der Waals surface area contributed by atoms with E-state index in [1.807, 2.05) is 0 Å². The average Bonchev–Trinajstić information content (AvgIpc) is 2.19. The van der Waals surface area contributed by atoms with Gasteiger partial charge in [-0.3, -0.25) is 8.37 Å². The van der Waals surface area contributed by atoms with Gasteiger partial charge in [-0.25, -0.2) is 8.78 Å². The summed E-state index contributed by atoms with van der Waals surface area (Å²) in [5, 5.41) is 0. The van der Waals surface area contributed by atoms with Crippen LogP contribution in [0.2, 0.25) is 0 Å². The molecule has 0 N–H and O–H groups in total. The number of ether oxygens (including phenoxy) is 2. The first-order chi connectivity index (χ1) is 6.81. The molecule has 0 saturated carbocycles. The summed E-state index contributed by atoms with van der Waals surface area (Å²) in [6, 6.07) is 0. The van der Waals surface area contributed by atoms with Crippen LogP contribution in [0.4, 0.5) is 8.78 Å². The molecule has 0 saturated heterocycles. The highest BCUT2D eigenvalue weighted by atomic mass is 32.2. The summed E-state index contributed by atoms with van der Waals surface area (Å²) < 4.78 is 51.1. The molecular formula is C6H12F2O5S. The lowest BCUT2D eigenvalue weighted by molar-refractivity contribution is 0.0307. The molecule has 8 heteroatoms. The molecule has 0 unspecified atom stereocenters. The van der Waals surface area contributed by atoms with Crippen LogP contribution in [0.15, 0.2) is 0 Å². The largest absolute Gasteiger partial charge is 0.348 e. The maximum atomic E-state index is 11.4. The summed E-state index contributed by atoms with van der Waals surface area (Å²) in [5.41, 5.74) is 0. The summed E-state index contributed by atoms with van der Waals surface area (Å²) >= 11 is -1.93. The van der Waals surface area contributed by atoms with Crippen LogP contribution in [-0.2, 0) is 29.2 Å². The second-order valence-corrected chi connectivity index (χ2v) is 2.76. The van der Waals surface area contributed by atoms with Gasteiger partial charge >= 0.3 is 11.4 Å². The third-order valence-corrected chi connectivity index (χ3v) is 1.69. The van der Waals surface area contributed by atoms with Crippen molar-refractivity contribution in [3.05, 3.63) is 0 Å². The molecule has 0 atom stereocenters. The van der Waals surface area contributed by atoms with E-state index in [1.54, 1.807) is 0 Å². The Bertz CT molecular complexity index is 134. The molecule has 0 amide bonds. The lowest BCUT2D eigenvalue weighted by atomic mass is 10.8. The van der Waals surface area contributed by atoms with Crippen molar-refractivity contribution in [2.45, 2.75) is 0 Å². The zero-order chi connectivity index (χ0) is 10.6. The van der Waals surface area contributed by atoms with Crippen molar-refractivity contribution in [1.82, 2.24) is 0 Å². The van der Waals surface area contributed by atoms with Gasteiger partial charge in [-0.2, -0.15) is 4.21 Å². The second-order valence-electron chi connectivity index (χ2n) is 1.88. The molecule has 0 aliphatic rings. The molecule has 0 spiro atoms. The lowest BCUT2D eigenvalue weighted by Gasteiger charge is -2.03. The Morgan fingerprint density at radius 2 is 1.29 bits per heavy atom. The quantitative estimate of drug-likeness (QED) is 0.515. The van der Waals surface area contributed by atoms with Gasteiger partial charge in [0.05, 0.1) is 26.4 Å². The Kier molecular flexibility index (Phi) is 10.8. The van der Waals surface area contributed by atoms with Gasteiger partial charge in [0.25, 0.3) is 0 Å². The minimum atomic E-state index is -1.93. The highest BCUT2D eigenvalue weighted by Gasteiger charge is 2.00. The molecule has 0 aromatic heterocycles. The molecule has 0 aliphatic heterocycles. The molecule has 0 bridgehead atoms. The molecule has 0 fully saturated rings. The first-order valence-corrected chi connectivity index (χ1v) is 4.77. The third kappa shape index (κ3) is 9.93. The van der Waals surface area contributed by atoms with E-state index < -0.39 is 25.1 Å². The Hall–Kier alpha value is -0.150. The topological polar surface area (TPSA) is 54.0 Å². The highest BCUT2D eigenvalue weighted by Crippen LogP contribution is 1.90. The average molecular weight is 234 g/mol. The summed E-state index contributed by atoms with van der Waals surface area (Å²) in [7, 11) is 0. The van der Waals surface area contributed by atoms with Gasteiger partial charge in [-0.15, -0.1) is 0 Å². The Labute approximate surface area is 83.1 Å². The van der Waals surface area contributed by atoms with Gasteiger partial charge in [0.15, 0.2) is 13.7 Å². The van der Waals surface area contributed by atoms with Crippen molar-refractivity contribution in [1.29, 1.82) is 0 Å². The van der Waals surface area contributed by atoms with Crippen molar-refractivity contribution < 1.29 is 30.8 Å². The fourth-order valence-corrected chi connectivity index (χ4v) is 0.941. The summed E-state index contributed by atoms with van der Waals surface area (Å²) in [4.78, 5) is 0. The first kappa shape index (κ1) is 13.8. The molecule has 0 radical (unpaired) electrons. The van der Waals surface area contributed by atoms with E-state index in [0.717, 1.165) is 0 Å². The number of alkyl halides is 2. The van der Waals surface area contributed by atoms with Crippen LogP contribution in [0.25, 0.3) is 0 Å². The first-order valence-electron chi connectivity index (χ1n) is 3.77. The molecule has 5 nitrogen and oxygen atoms in total. The van der Waals surface area contributed by atoms with E-state index in [4.69, 9.17) is 0 Å². The molecule has 86 valence electrons. The summed E-state index contributed by atoms with van der Waals surface area (Å²) in [6.07, 6.45) is 0. The van der Waals surface area contributed by atoms with Gasteiger partial charge in [0.1, 0.15) is 0 Å². The molecule has 0 rings (SSSR count). The molecule has 14 heavy (non-hydrogen) atoms. The van der Waals surface area contributed by atoms with Crippen LogP contribution in [0.3, 0.4) is 0 Å². The van der Waals surface area contributed by atoms with Gasteiger partial charge in [-0.1, -0.05) is 0 Å². The predicted octanol–water partition coefficient (Wildman–Crippen LogP) is 0.486. The van der Waals surface area contributed by atoms with Crippen LogP contribution in [0, 0.1) is 0 Å². The van der Waals surface area contributed by atoms with Crippen LogP contribution >= 0.6 is 0 Å². The number of rotatable bonds is 10. The number of hydrogen-bond donors (Lipinski definition) is 0. The van der Waals surface area contributed by atoms with Crippen molar-refractivity contribution in [2.24, 2.45) is 0 Å². The van der Waals surface area contributed by atoms with Crippen LogP contribution in [0.5, 0.6) is 0 Å². The minimum Gasteiger partial charge on any atom is -0.348 e. The Morgan fingerprint density at radius 1 is 0.857 bits per heavy atom. The van der Waals surface area contributed by atoms with E-state index in [-0.39, 0.29) is 26.4 Å². The van der Waals surface area contributed by atoms with Crippen LogP contribution < -0.4 is 0 Å². The molecule has 0 aliphatic carbocycles. The van der Waals surface area contributed by atoms with Crippen LogP contribution in [0.1, 0.15) is 0 Å². The highest BCUT2D eigenvalue weighted by molar-refractivity contribution is 7.75. The molecular weight excluding hydrogens is 222 g/mol. The monoisotopic (exact) mass is 234 g/mol. The zero-order valence-corrected chi connectivity index (χ0v) is 8.26. The van der Waals surface area contributed by atoms with Gasteiger partial charge in [-0.05, 0) is 0 Å². The maximum absolute atomic E-state index is 11.4. The fourth-order valence-electron chi connectivity index (χ4n) is 0.465. The van der Waals surface area contributed by atoms with Crippen molar-refractivity contribution >= 4 is 11.4 Å². The SMILES string of the molecule is O=S(OCCOCF)OCCOCF. The fraction of sp³-hybridized carbons (Fsp3) is 1.00. The van der Waals surface area contributed by atoms with E-state index in [9.17, 15) is 13.0 Å². The Morgan fingerprint density at radius 3 is 1.64 bits per heavy atom. The van der Waals surface area contributed by atoms with Gasteiger partial charge in [0, 0.05) is 0 Å². The standard InChI is InChI=1S/C6H12F2O5S/c7-5-10-1-3-12-14(9)13-4-2-11-6-8/h1-6H2. The van der Waals surface area contributed by atoms with Gasteiger partial charge in [0.2, 0.25) is 0 Å². The van der Waals surface area contributed by atoms with Crippen LogP contribution in [-0.4, -0.2) is 44.4 Å². The normalized spacial score (nSPS) is 11.1. The van der Waals surface area contributed by atoms with Crippen molar-refractivity contribution in [3.63, 3.8) is 0 Å². The van der Waals surface area contributed by atoms with Crippen molar-refractivity contribution in [3.8, 4) is 0 Å². The molecule has 0 aromatic carbocycles. The van der Waals surface area contributed by atoms with E-state index in [0.29, 0.717) is 0 Å². The van der Waals surface area contributed by atoms with Crippen molar-refractivity contribution in [2.75, 3.05) is 40.1 Å². The second kappa shape index (κ2) is 10.9. The maximum Gasteiger partial charge on any atom is 0.304 e. The van der Waals surface area contributed by atoms with E-state index in [2.05, 4.69) is 17.8 Å². The molecule has 0 aromatic rings. The predicted molar refractivity (Wildman–Crippen MR) is 43.9 cm³/mol. The van der Waals surface area contributed by atoms with E-state index >= 15 is 0 Å². The number of hydrogen-bond acceptors (Lipinski definition) is 5. The zero-order valence-electron chi connectivity index (χ0n) is 7.45.